The van der Waals surface area contributed by atoms with Crippen molar-refractivity contribution in [3.63, 3.8) is 0 Å². The number of benzene rings is 1. The number of carbonyl (C=O) groups is 2. The van der Waals surface area contributed by atoms with Crippen LogP contribution in [0, 0.1) is 0 Å². The van der Waals surface area contributed by atoms with E-state index in [0.717, 1.165) is 23.4 Å². The molecule has 5 heteroatoms. The maximum Gasteiger partial charge on any atom is 0.277 e. The molecule has 2 amide bonds. The van der Waals surface area contributed by atoms with Crippen LogP contribution in [-0.4, -0.2) is 35.0 Å². The predicted molar refractivity (Wildman–Crippen MR) is 85.3 cm³/mol. The summed E-state index contributed by atoms with van der Waals surface area (Å²) < 4.78 is 0. The second kappa shape index (κ2) is 7.22. The summed E-state index contributed by atoms with van der Waals surface area (Å²) in [6.45, 7) is 4.13. The number of β-amino-alcohol motifs (C(OH)–C–C–N with tert-alkyl or cyclic N) is 1. The fourth-order valence-electron chi connectivity index (χ4n) is 2.66. The molecule has 0 aliphatic carbocycles. The number of rotatable bonds is 7. The van der Waals surface area contributed by atoms with Crippen LogP contribution in [0.5, 0.6) is 0 Å². The minimum absolute atomic E-state index is 0.0208. The Kier molecular flexibility index (Phi) is 5.33. The fraction of sp³-hybridized carbons (Fsp3) is 0.412. The zero-order valence-electron chi connectivity index (χ0n) is 13.0. The number of anilines is 1. The molecule has 0 unspecified atom stereocenters. The minimum atomic E-state index is -0.400. The molecule has 0 saturated carbocycles. The average Bonchev–Trinajstić information content (AvgIpc) is 2.78. The van der Waals surface area contributed by atoms with Crippen molar-refractivity contribution in [1.29, 1.82) is 0 Å². The van der Waals surface area contributed by atoms with Crippen LogP contribution >= 0.6 is 0 Å². The van der Waals surface area contributed by atoms with E-state index in [1.165, 1.54) is 11.6 Å². The van der Waals surface area contributed by atoms with Gasteiger partial charge in [-0.3, -0.25) is 14.5 Å². The molecule has 0 fully saturated rings. The van der Waals surface area contributed by atoms with Crippen LogP contribution in [0.1, 0.15) is 38.2 Å². The molecule has 1 heterocycles. The molecule has 2 rings (SSSR count). The Labute approximate surface area is 130 Å². The van der Waals surface area contributed by atoms with Crippen LogP contribution in [0.4, 0.5) is 5.69 Å². The number of aliphatic hydroxyl groups is 1. The first-order valence-corrected chi connectivity index (χ1v) is 7.66. The lowest BCUT2D eigenvalue weighted by Gasteiger charge is -2.15. The molecule has 0 aromatic heterocycles. The first-order chi connectivity index (χ1) is 10.6. The third-order valence-corrected chi connectivity index (χ3v) is 3.98. The van der Waals surface area contributed by atoms with Crippen LogP contribution in [0.15, 0.2) is 36.0 Å². The lowest BCUT2D eigenvalue weighted by molar-refractivity contribution is -0.137. The lowest BCUT2D eigenvalue weighted by atomic mass is 9.94. The third-order valence-electron chi connectivity index (χ3n) is 3.98. The maximum absolute atomic E-state index is 12.0. The number of amides is 2. The van der Waals surface area contributed by atoms with Crippen molar-refractivity contribution < 1.29 is 14.7 Å². The number of hydrogen-bond donors (Lipinski definition) is 2. The number of nitrogens with zero attached hydrogens (tertiary/aromatic N) is 1. The largest absolute Gasteiger partial charge is 0.395 e. The summed E-state index contributed by atoms with van der Waals surface area (Å²) in [5.41, 5.74) is 2.29. The van der Waals surface area contributed by atoms with Crippen LogP contribution in [0.3, 0.4) is 0 Å². The Morgan fingerprint density at radius 1 is 1.14 bits per heavy atom. The summed E-state index contributed by atoms with van der Waals surface area (Å²) in [6.07, 6.45) is 3.46. The molecule has 22 heavy (non-hydrogen) atoms. The lowest BCUT2D eigenvalue weighted by Crippen LogP contribution is -2.34. The summed E-state index contributed by atoms with van der Waals surface area (Å²) in [6, 6.07) is 7.93. The van der Waals surface area contributed by atoms with E-state index in [-0.39, 0.29) is 18.8 Å². The highest BCUT2D eigenvalue weighted by Gasteiger charge is 2.30. The Balaban J connectivity index is 2.07. The summed E-state index contributed by atoms with van der Waals surface area (Å²) >= 11 is 0. The van der Waals surface area contributed by atoms with E-state index in [1.54, 1.807) is 0 Å². The van der Waals surface area contributed by atoms with Gasteiger partial charge in [0.1, 0.15) is 5.70 Å². The quantitative estimate of drug-likeness (QED) is 0.758. The van der Waals surface area contributed by atoms with E-state index >= 15 is 0 Å². The minimum Gasteiger partial charge on any atom is -0.395 e. The van der Waals surface area contributed by atoms with Crippen molar-refractivity contribution in [2.24, 2.45) is 0 Å². The van der Waals surface area contributed by atoms with Gasteiger partial charge in [0.25, 0.3) is 11.8 Å². The van der Waals surface area contributed by atoms with Crippen LogP contribution < -0.4 is 5.32 Å². The second-order valence-electron chi connectivity index (χ2n) is 5.34. The molecule has 5 nitrogen and oxygen atoms in total. The normalized spacial score (nSPS) is 14.7. The predicted octanol–water partition coefficient (Wildman–Crippen LogP) is 2.25. The molecule has 118 valence electrons. The van der Waals surface area contributed by atoms with Gasteiger partial charge < -0.3 is 10.4 Å². The molecule has 0 spiro atoms. The molecule has 1 aromatic rings. The molecule has 0 radical (unpaired) electrons. The smallest absolute Gasteiger partial charge is 0.277 e. The highest BCUT2D eigenvalue weighted by Crippen LogP contribution is 2.25. The third kappa shape index (κ3) is 3.36. The summed E-state index contributed by atoms with van der Waals surface area (Å²) in [5.74, 6) is -0.249. The molecule has 1 aromatic carbocycles. The van der Waals surface area contributed by atoms with E-state index in [1.807, 2.05) is 24.3 Å². The van der Waals surface area contributed by atoms with Crippen molar-refractivity contribution in [3.05, 3.63) is 41.6 Å². The van der Waals surface area contributed by atoms with Gasteiger partial charge in [-0.05, 0) is 36.5 Å². The van der Waals surface area contributed by atoms with Gasteiger partial charge in [-0.15, -0.1) is 0 Å². The van der Waals surface area contributed by atoms with Crippen LogP contribution in [0.2, 0.25) is 0 Å². The van der Waals surface area contributed by atoms with Gasteiger partial charge in [0.05, 0.1) is 13.2 Å². The van der Waals surface area contributed by atoms with Crippen molar-refractivity contribution in [2.75, 3.05) is 18.5 Å². The fourth-order valence-corrected chi connectivity index (χ4v) is 2.66. The first kappa shape index (κ1) is 16.2. The molecular weight excluding hydrogens is 280 g/mol. The van der Waals surface area contributed by atoms with E-state index in [0.29, 0.717) is 5.92 Å². The molecular formula is C17H22N2O3. The number of hydrogen-bond acceptors (Lipinski definition) is 4. The highest BCUT2D eigenvalue weighted by atomic mass is 16.3. The first-order valence-electron chi connectivity index (χ1n) is 7.66. The number of aliphatic hydroxyl groups excluding tert-OH is 1. The summed E-state index contributed by atoms with van der Waals surface area (Å²) in [7, 11) is 0. The van der Waals surface area contributed by atoms with Gasteiger partial charge in [0.2, 0.25) is 0 Å². The molecule has 0 atom stereocenters. The van der Waals surface area contributed by atoms with E-state index in [2.05, 4.69) is 19.2 Å². The van der Waals surface area contributed by atoms with Gasteiger partial charge in [0, 0.05) is 11.8 Å². The Morgan fingerprint density at radius 3 is 2.32 bits per heavy atom. The number of nitrogens with one attached hydrogen (secondary N) is 1. The number of imide groups is 1. The maximum atomic E-state index is 12.0. The number of carbonyl (C=O) groups excluding carboxylic acids is 2. The zero-order valence-corrected chi connectivity index (χ0v) is 13.0. The van der Waals surface area contributed by atoms with Gasteiger partial charge in [0.15, 0.2) is 0 Å². The van der Waals surface area contributed by atoms with Gasteiger partial charge in [-0.2, -0.15) is 0 Å². The summed E-state index contributed by atoms with van der Waals surface area (Å²) in [4.78, 5) is 24.7. The second-order valence-corrected chi connectivity index (χ2v) is 5.34. The zero-order chi connectivity index (χ0) is 16.1. The molecule has 0 bridgehead atoms. The van der Waals surface area contributed by atoms with E-state index < -0.39 is 11.8 Å². The van der Waals surface area contributed by atoms with E-state index in [4.69, 9.17) is 5.11 Å². The molecule has 2 N–H and O–H groups in total. The molecule has 0 saturated heterocycles. The van der Waals surface area contributed by atoms with Gasteiger partial charge in [-0.25, -0.2) is 0 Å². The molecule has 1 aliphatic rings. The Bertz CT molecular complexity index is 574. The van der Waals surface area contributed by atoms with E-state index in [9.17, 15) is 9.59 Å². The van der Waals surface area contributed by atoms with Crippen LogP contribution in [0.25, 0.3) is 0 Å². The van der Waals surface area contributed by atoms with Crippen molar-refractivity contribution in [1.82, 2.24) is 4.90 Å². The standard InChI is InChI=1S/C17H22N2O3/c1-3-12(4-2)13-5-7-14(8-6-13)18-15-11-16(21)19(9-10-20)17(15)22/h5-8,11-12,18,20H,3-4,9-10H2,1-2H3. The SMILES string of the molecule is CCC(CC)c1ccc(NC2=CC(=O)N(CCO)C2=O)cc1. The Morgan fingerprint density at radius 2 is 1.77 bits per heavy atom. The van der Waals surface area contributed by atoms with Crippen molar-refractivity contribution in [2.45, 2.75) is 32.6 Å². The topological polar surface area (TPSA) is 69.6 Å². The summed E-state index contributed by atoms with van der Waals surface area (Å²) in [5, 5.41) is 11.9. The van der Waals surface area contributed by atoms with Gasteiger partial charge >= 0.3 is 0 Å². The molecule has 1 aliphatic heterocycles. The average molecular weight is 302 g/mol. The van der Waals surface area contributed by atoms with Crippen LogP contribution in [-0.2, 0) is 9.59 Å². The van der Waals surface area contributed by atoms with Crippen molar-refractivity contribution >= 4 is 17.5 Å². The monoisotopic (exact) mass is 302 g/mol. The Hall–Kier alpha value is -2.14. The van der Waals surface area contributed by atoms with Gasteiger partial charge in [-0.1, -0.05) is 26.0 Å². The highest BCUT2D eigenvalue weighted by molar-refractivity contribution is 6.17. The van der Waals surface area contributed by atoms with Crippen molar-refractivity contribution in [3.8, 4) is 0 Å².